The maximum Gasteiger partial charge on any atom is 0.285 e. The van der Waals surface area contributed by atoms with Gasteiger partial charge in [0, 0.05) is 17.0 Å². The summed E-state index contributed by atoms with van der Waals surface area (Å²) >= 11 is 0. The minimum absolute atomic E-state index is 0.116. The molecule has 2 N–H and O–H groups in total. The Morgan fingerprint density at radius 1 is 1.14 bits per heavy atom. The van der Waals surface area contributed by atoms with Crippen molar-refractivity contribution < 1.29 is 22.7 Å². The van der Waals surface area contributed by atoms with Crippen LogP contribution in [-0.4, -0.2) is 13.0 Å². The molecule has 0 saturated carbocycles. The van der Waals surface area contributed by atoms with E-state index in [0.29, 0.717) is 27.8 Å². The first-order valence-corrected chi connectivity index (χ1v) is 6.37. The van der Waals surface area contributed by atoms with E-state index in [9.17, 15) is 13.6 Å². The van der Waals surface area contributed by atoms with Crippen LogP contribution in [-0.2, 0) is 0 Å². The fourth-order valence-corrected chi connectivity index (χ4v) is 2.32. The third-order valence-corrected chi connectivity index (χ3v) is 3.33. The van der Waals surface area contributed by atoms with E-state index in [2.05, 4.69) is 0 Å². The van der Waals surface area contributed by atoms with Crippen LogP contribution in [0.3, 0.4) is 0 Å². The Labute approximate surface area is 124 Å². The van der Waals surface area contributed by atoms with Crippen molar-refractivity contribution in [2.45, 2.75) is 0 Å². The zero-order valence-electron chi connectivity index (χ0n) is 11.5. The van der Waals surface area contributed by atoms with Gasteiger partial charge in [0.2, 0.25) is 0 Å². The maximum atomic E-state index is 13.5. The highest BCUT2D eigenvalue weighted by molar-refractivity contribution is 6.07. The van der Waals surface area contributed by atoms with Gasteiger partial charge in [-0.2, -0.15) is 0 Å². The molecule has 2 aromatic carbocycles. The van der Waals surface area contributed by atoms with Gasteiger partial charge in [0.1, 0.15) is 11.3 Å². The number of hydrogen-bond acceptors (Lipinski definition) is 3. The molecule has 0 radical (unpaired) electrons. The summed E-state index contributed by atoms with van der Waals surface area (Å²) in [7, 11) is 1.50. The Bertz CT molecular complexity index is 886. The molecule has 0 aliphatic rings. The zero-order valence-corrected chi connectivity index (χ0v) is 11.5. The van der Waals surface area contributed by atoms with Crippen molar-refractivity contribution in [3.05, 3.63) is 53.8 Å². The van der Waals surface area contributed by atoms with E-state index in [-0.39, 0.29) is 5.76 Å². The number of fused-ring (bicyclic) bond motifs is 1. The number of nitrogens with two attached hydrogens (primary N) is 1. The standard InChI is InChI=1S/C16H11F2NO3/c1-21-9-3-4-10-13(7-9)22-15(16(19)20)14(10)8-2-5-11(17)12(18)6-8/h2-7H,1H3,(H2,19,20). The number of primary amides is 1. The molecular formula is C16H11F2NO3. The Kier molecular flexibility index (Phi) is 3.29. The van der Waals surface area contributed by atoms with E-state index in [1.165, 1.54) is 13.2 Å². The minimum Gasteiger partial charge on any atom is -0.497 e. The fraction of sp³-hybridized carbons (Fsp3) is 0.0625. The van der Waals surface area contributed by atoms with Crippen molar-refractivity contribution in [1.29, 1.82) is 0 Å². The SMILES string of the molecule is COc1ccc2c(-c3ccc(F)c(F)c3)c(C(N)=O)oc2c1. The summed E-state index contributed by atoms with van der Waals surface area (Å²) in [6.45, 7) is 0. The van der Waals surface area contributed by atoms with Crippen LogP contribution in [0.5, 0.6) is 5.75 Å². The average molecular weight is 303 g/mol. The normalized spacial score (nSPS) is 10.9. The smallest absolute Gasteiger partial charge is 0.285 e. The molecule has 0 bridgehead atoms. The number of methoxy groups -OCH3 is 1. The van der Waals surface area contributed by atoms with Crippen molar-refractivity contribution in [3.63, 3.8) is 0 Å². The first-order valence-electron chi connectivity index (χ1n) is 6.37. The lowest BCUT2D eigenvalue weighted by Crippen LogP contribution is -2.10. The number of ether oxygens (including phenoxy) is 1. The summed E-state index contributed by atoms with van der Waals surface area (Å²) in [4.78, 5) is 11.6. The van der Waals surface area contributed by atoms with Crippen LogP contribution in [0.15, 0.2) is 40.8 Å². The molecule has 1 amide bonds. The lowest BCUT2D eigenvalue weighted by Gasteiger charge is -2.03. The quantitative estimate of drug-likeness (QED) is 0.805. The number of carbonyl (C=O) groups excluding carboxylic acids is 1. The van der Waals surface area contributed by atoms with Crippen LogP contribution in [0.1, 0.15) is 10.6 Å². The van der Waals surface area contributed by atoms with Crippen molar-refractivity contribution in [3.8, 4) is 16.9 Å². The molecular weight excluding hydrogens is 292 g/mol. The summed E-state index contributed by atoms with van der Waals surface area (Å²) in [6, 6.07) is 8.27. The van der Waals surface area contributed by atoms with Crippen LogP contribution in [0, 0.1) is 11.6 Å². The molecule has 3 rings (SSSR count). The van der Waals surface area contributed by atoms with E-state index in [0.717, 1.165) is 12.1 Å². The number of halogens is 2. The second kappa shape index (κ2) is 5.14. The van der Waals surface area contributed by atoms with E-state index in [1.54, 1.807) is 18.2 Å². The lowest BCUT2D eigenvalue weighted by molar-refractivity contribution is 0.0977. The van der Waals surface area contributed by atoms with E-state index < -0.39 is 17.5 Å². The first-order chi connectivity index (χ1) is 10.5. The van der Waals surface area contributed by atoms with Crippen molar-refractivity contribution in [1.82, 2.24) is 0 Å². The molecule has 1 aromatic heterocycles. The topological polar surface area (TPSA) is 65.5 Å². The highest BCUT2D eigenvalue weighted by Crippen LogP contribution is 2.36. The number of rotatable bonds is 3. The second-order valence-electron chi connectivity index (χ2n) is 4.66. The summed E-state index contributed by atoms with van der Waals surface area (Å²) < 4.78 is 37.1. The van der Waals surface area contributed by atoms with Gasteiger partial charge in [-0.15, -0.1) is 0 Å². The Hall–Kier alpha value is -2.89. The Balaban J connectivity index is 2.32. The zero-order chi connectivity index (χ0) is 15.9. The van der Waals surface area contributed by atoms with Gasteiger partial charge in [-0.3, -0.25) is 4.79 Å². The Morgan fingerprint density at radius 2 is 1.91 bits per heavy atom. The van der Waals surface area contributed by atoms with E-state index >= 15 is 0 Å². The molecule has 0 fully saturated rings. The summed E-state index contributed by atoms with van der Waals surface area (Å²) in [5, 5.41) is 0.556. The highest BCUT2D eigenvalue weighted by Gasteiger charge is 2.21. The van der Waals surface area contributed by atoms with E-state index in [4.69, 9.17) is 14.9 Å². The lowest BCUT2D eigenvalue weighted by atomic mass is 10.0. The molecule has 0 aliphatic carbocycles. The molecule has 22 heavy (non-hydrogen) atoms. The number of hydrogen-bond donors (Lipinski definition) is 1. The van der Waals surface area contributed by atoms with Crippen molar-refractivity contribution >= 4 is 16.9 Å². The summed E-state index contributed by atoms with van der Waals surface area (Å²) in [5.74, 6) is -2.37. The van der Waals surface area contributed by atoms with Gasteiger partial charge in [0.15, 0.2) is 17.4 Å². The third kappa shape index (κ3) is 2.18. The predicted octanol–water partition coefficient (Wildman–Crippen LogP) is 3.49. The number of furan rings is 1. The molecule has 0 aliphatic heterocycles. The third-order valence-electron chi connectivity index (χ3n) is 3.33. The highest BCUT2D eigenvalue weighted by atomic mass is 19.2. The average Bonchev–Trinajstić information content (AvgIpc) is 2.88. The number of carbonyl (C=O) groups is 1. The predicted molar refractivity (Wildman–Crippen MR) is 76.6 cm³/mol. The summed E-state index contributed by atoms with van der Waals surface area (Å²) in [6.07, 6.45) is 0. The molecule has 0 spiro atoms. The molecule has 112 valence electrons. The van der Waals surface area contributed by atoms with Gasteiger partial charge < -0.3 is 14.9 Å². The van der Waals surface area contributed by atoms with E-state index in [1.807, 2.05) is 0 Å². The van der Waals surface area contributed by atoms with Gasteiger partial charge in [-0.05, 0) is 29.8 Å². The van der Waals surface area contributed by atoms with Crippen LogP contribution in [0.25, 0.3) is 22.1 Å². The minimum atomic E-state index is -1.02. The monoisotopic (exact) mass is 303 g/mol. The molecule has 3 aromatic rings. The van der Waals surface area contributed by atoms with Crippen LogP contribution < -0.4 is 10.5 Å². The van der Waals surface area contributed by atoms with Gasteiger partial charge in [0.25, 0.3) is 5.91 Å². The number of benzene rings is 2. The fourth-order valence-electron chi connectivity index (χ4n) is 2.32. The summed E-state index contributed by atoms with van der Waals surface area (Å²) in [5.41, 5.74) is 6.32. The van der Waals surface area contributed by atoms with Crippen molar-refractivity contribution in [2.75, 3.05) is 7.11 Å². The Morgan fingerprint density at radius 3 is 2.55 bits per heavy atom. The molecule has 0 atom stereocenters. The molecule has 6 heteroatoms. The van der Waals surface area contributed by atoms with Gasteiger partial charge >= 0.3 is 0 Å². The first kappa shape index (κ1) is 14.1. The van der Waals surface area contributed by atoms with Crippen LogP contribution in [0.4, 0.5) is 8.78 Å². The maximum absolute atomic E-state index is 13.5. The van der Waals surface area contributed by atoms with Gasteiger partial charge in [-0.1, -0.05) is 6.07 Å². The second-order valence-corrected chi connectivity index (χ2v) is 4.66. The molecule has 1 heterocycles. The largest absolute Gasteiger partial charge is 0.497 e. The molecule has 0 saturated heterocycles. The van der Waals surface area contributed by atoms with Crippen LogP contribution >= 0.6 is 0 Å². The number of amides is 1. The molecule has 0 unspecified atom stereocenters. The van der Waals surface area contributed by atoms with Gasteiger partial charge in [0.05, 0.1) is 7.11 Å². The van der Waals surface area contributed by atoms with Crippen molar-refractivity contribution in [2.24, 2.45) is 5.73 Å². The van der Waals surface area contributed by atoms with Gasteiger partial charge in [-0.25, -0.2) is 8.78 Å². The molecule has 4 nitrogen and oxygen atoms in total. The van der Waals surface area contributed by atoms with Crippen LogP contribution in [0.2, 0.25) is 0 Å².